The Labute approximate surface area is 116 Å². The van der Waals surface area contributed by atoms with Crippen LogP contribution in [0.3, 0.4) is 0 Å². The number of aromatic nitrogens is 2. The lowest BCUT2D eigenvalue weighted by Crippen LogP contribution is -2.28. The van der Waals surface area contributed by atoms with Gasteiger partial charge in [0, 0.05) is 12.6 Å². The lowest BCUT2D eigenvalue weighted by Gasteiger charge is -2.23. The second-order valence-corrected chi connectivity index (χ2v) is 6.90. The summed E-state index contributed by atoms with van der Waals surface area (Å²) in [6.45, 7) is 1.96. The van der Waals surface area contributed by atoms with Gasteiger partial charge < -0.3 is 5.11 Å². The molecule has 0 bridgehead atoms. The molecule has 1 aromatic heterocycles. The summed E-state index contributed by atoms with van der Waals surface area (Å²) in [5.41, 5.74) is 0.476. The minimum Gasteiger partial charge on any atom is -0.390 e. The topological polar surface area (TPSA) is 38.0 Å². The third-order valence-electron chi connectivity index (χ3n) is 4.60. The zero-order valence-electron chi connectivity index (χ0n) is 12.0. The van der Waals surface area contributed by atoms with Crippen molar-refractivity contribution < 1.29 is 5.11 Å². The summed E-state index contributed by atoms with van der Waals surface area (Å²) >= 11 is 0. The van der Waals surface area contributed by atoms with Crippen molar-refractivity contribution in [3.63, 3.8) is 0 Å². The van der Waals surface area contributed by atoms with Crippen LogP contribution in [-0.4, -0.2) is 20.5 Å². The van der Waals surface area contributed by atoms with Crippen molar-refractivity contribution in [1.29, 1.82) is 0 Å². The van der Waals surface area contributed by atoms with Gasteiger partial charge in [-0.15, -0.1) is 0 Å². The maximum Gasteiger partial charge on any atom is 0.0678 e. The number of hydrogen-bond donors (Lipinski definition) is 1. The molecule has 2 aliphatic rings. The summed E-state index contributed by atoms with van der Waals surface area (Å²) in [6.07, 6.45) is 12.9. The van der Waals surface area contributed by atoms with Gasteiger partial charge in [-0.3, -0.25) is 4.68 Å². The summed E-state index contributed by atoms with van der Waals surface area (Å²) in [7, 11) is 0. The van der Waals surface area contributed by atoms with Crippen LogP contribution < -0.4 is 0 Å². The van der Waals surface area contributed by atoms with Gasteiger partial charge in [0.15, 0.2) is 0 Å². The van der Waals surface area contributed by atoms with Crippen LogP contribution in [0.1, 0.15) is 70.0 Å². The molecule has 0 aromatic carbocycles. The van der Waals surface area contributed by atoms with Crippen LogP contribution in [0.15, 0.2) is 12.3 Å². The fourth-order valence-corrected chi connectivity index (χ4v) is 3.43. The molecule has 3 nitrogen and oxygen atoms in total. The largest absolute Gasteiger partial charge is 0.390 e. The highest BCUT2D eigenvalue weighted by Crippen LogP contribution is 2.37. The van der Waals surface area contributed by atoms with E-state index in [4.69, 9.17) is 5.10 Å². The van der Waals surface area contributed by atoms with Crippen LogP contribution in [0.2, 0.25) is 0 Å². The SMILES string of the molecule is CC(O)(Cc1ccn(C2CCCCC2)n1)CC1CC1. The molecule has 0 radical (unpaired) electrons. The Bertz CT molecular complexity index is 414. The van der Waals surface area contributed by atoms with E-state index in [0.717, 1.165) is 18.0 Å². The molecule has 2 fully saturated rings. The summed E-state index contributed by atoms with van der Waals surface area (Å²) in [5, 5.41) is 15.2. The molecule has 2 saturated carbocycles. The number of hydrogen-bond acceptors (Lipinski definition) is 2. The molecule has 1 heterocycles. The zero-order valence-corrected chi connectivity index (χ0v) is 12.0. The van der Waals surface area contributed by atoms with Crippen molar-refractivity contribution in [3.8, 4) is 0 Å². The number of aliphatic hydroxyl groups is 1. The highest BCUT2D eigenvalue weighted by atomic mass is 16.3. The first-order valence-electron chi connectivity index (χ1n) is 7.89. The maximum absolute atomic E-state index is 10.4. The van der Waals surface area contributed by atoms with Gasteiger partial charge >= 0.3 is 0 Å². The van der Waals surface area contributed by atoms with E-state index in [2.05, 4.69) is 16.9 Å². The lowest BCUT2D eigenvalue weighted by atomic mass is 9.94. The monoisotopic (exact) mass is 262 g/mol. The van der Waals surface area contributed by atoms with Gasteiger partial charge in [-0.05, 0) is 38.2 Å². The van der Waals surface area contributed by atoms with Gasteiger partial charge in [-0.2, -0.15) is 5.10 Å². The number of nitrogens with zero attached hydrogens (tertiary/aromatic N) is 2. The zero-order chi connectivity index (χ0) is 13.3. The summed E-state index contributed by atoms with van der Waals surface area (Å²) in [6, 6.07) is 2.69. The molecule has 106 valence electrons. The second-order valence-electron chi connectivity index (χ2n) is 6.90. The van der Waals surface area contributed by atoms with Gasteiger partial charge in [0.2, 0.25) is 0 Å². The molecular weight excluding hydrogens is 236 g/mol. The number of rotatable bonds is 5. The molecule has 1 unspecified atom stereocenters. The smallest absolute Gasteiger partial charge is 0.0678 e. The Hall–Kier alpha value is -0.830. The molecule has 1 atom stereocenters. The Balaban J connectivity index is 1.60. The van der Waals surface area contributed by atoms with Crippen molar-refractivity contribution >= 4 is 0 Å². The molecule has 0 spiro atoms. The third kappa shape index (κ3) is 3.59. The van der Waals surface area contributed by atoms with Gasteiger partial charge in [0.05, 0.1) is 17.3 Å². The van der Waals surface area contributed by atoms with E-state index in [1.54, 1.807) is 0 Å². The van der Waals surface area contributed by atoms with Crippen LogP contribution in [0.5, 0.6) is 0 Å². The minimum absolute atomic E-state index is 0.576. The van der Waals surface area contributed by atoms with Crippen molar-refractivity contribution in [2.45, 2.75) is 76.4 Å². The van der Waals surface area contributed by atoms with Crippen LogP contribution in [0.25, 0.3) is 0 Å². The van der Waals surface area contributed by atoms with E-state index in [0.29, 0.717) is 12.5 Å². The Morgan fingerprint density at radius 1 is 1.26 bits per heavy atom. The normalized spacial score (nSPS) is 24.3. The van der Waals surface area contributed by atoms with Gasteiger partial charge in [-0.25, -0.2) is 0 Å². The van der Waals surface area contributed by atoms with E-state index in [9.17, 15) is 5.11 Å². The first kappa shape index (κ1) is 13.2. The molecule has 3 heteroatoms. The molecule has 1 aromatic rings. The summed E-state index contributed by atoms with van der Waals surface area (Å²) in [5.74, 6) is 0.760. The summed E-state index contributed by atoms with van der Waals surface area (Å²) < 4.78 is 2.14. The quantitative estimate of drug-likeness (QED) is 0.882. The predicted molar refractivity (Wildman–Crippen MR) is 76.0 cm³/mol. The van der Waals surface area contributed by atoms with E-state index < -0.39 is 5.60 Å². The van der Waals surface area contributed by atoms with Crippen LogP contribution in [0.4, 0.5) is 0 Å². The lowest BCUT2D eigenvalue weighted by molar-refractivity contribution is 0.0443. The van der Waals surface area contributed by atoms with Crippen molar-refractivity contribution in [3.05, 3.63) is 18.0 Å². The molecule has 3 rings (SSSR count). The van der Waals surface area contributed by atoms with E-state index in [1.807, 2.05) is 6.92 Å². The van der Waals surface area contributed by atoms with E-state index in [-0.39, 0.29) is 0 Å². The van der Waals surface area contributed by atoms with Crippen molar-refractivity contribution in [1.82, 2.24) is 9.78 Å². The van der Waals surface area contributed by atoms with Gasteiger partial charge in [-0.1, -0.05) is 32.1 Å². The average Bonchev–Trinajstić information content (AvgIpc) is 3.05. The molecule has 1 N–H and O–H groups in total. The highest BCUT2D eigenvalue weighted by Gasteiger charge is 2.32. The molecule has 2 aliphatic carbocycles. The fraction of sp³-hybridized carbons (Fsp3) is 0.812. The van der Waals surface area contributed by atoms with Crippen molar-refractivity contribution in [2.75, 3.05) is 0 Å². The minimum atomic E-state index is -0.576. The molecule has 0 amide bonds. The first-order chi connectivity index (χ1) is 9.12. The second kappa shape index (κ2) is 5.28. The van der Waals surface area contributed by atoms with Gasteiger partial charge in [0.25, 0.3) is 0 Å². The Kier molecular flexibility index (Phi) is 3.66. The molecule has 0 saturated heterocycles. The van der Waals surface area contributed by atoms with Gasteiger partial charge in [0.1, 0.15) is 0 Å². The standard InChI is InChI=1S/C16H26N2O/c1-16(19,11-13-7-8-13)12-14-9-10-18(17-14)15-5-3-2-4-6-15/h9-10,13,15,19H,2-8,11-12H2,1H3. The van der Waals surface area contributed by atoms with Crippen LogP contribution in [0, 0.1) is 5.92 Å². The molecule has 0 aliphatic heterocycles. The van der Waals surface area contributed by atoms with E-state index >= 15 is 0 Å². The average molecular weight is 262 g/mol. The Morgan fingerprint density at radius 2 is 2.00 bits per heavy atom. The third-order valence-corrected chi connectivity index (χ3v) is 4.60. The van der Waals surface area contributed by atoms with Crippen molar-refractivity contribution in [2.24, 2.45) is 5.92 Å². The summed E-state index contributed by atoms with van der Waals surface area (Å²) in [4.78, 5) is 0. The predicted octanol–water partition coefficient (Wildman–Crippen LogP) is 3.48. The maximum atomic E-state index is 10.4. The fourth-order valence-electron chi connectivity index (χ4n) is 3.43. The Morgan fingerprint density at radius 3 is 2.68 bits per heavy atom. The van der Waals surface area contributed by atoms with Crippen LogP contribution >= 0.6 is 0 Å². The molecule has 19 heavy (non-hydrogen) atoms. The first-order valence-corrected chi connectivity index (χ1v) is 7.89. The highest BCUT2D eigenvalue weighted by molar-refractivity contribution is 5.05. The van der Waals surface area contributed by atoms with E-state index in [1.165, 1.54) is 44.9 Å². The molecular formula is C16H26N2O. The van der Waals surface area contributed by atoms with Crippen LogP contribution in [-0.2, 0) is 6.42 Å².